The maximum Gasteiger partial charge on any atom is 0.143 e. The minimum Gasteiger partial charge on any atom is -0.455 e. The number of fused-ring (bicyclic) bond motifs is 5. The van der Waals surface area contributed by atoms with Gasteiger partial charge in [-0.15, -0.1) is 0 Å². The van der Waals surface area contributed by atoms with Crippen molar-refractivity contribution in [3.63, 3.8) is 0 Å². The Morgan fingerprint density at radius 1 is 0.512 bits per heavy atom. The van der Waals surface area contributed by atoms with E-state index < -0.39 is 6.04 Å². The molecule has 0 radical (unpaired) electrons. The second kappa shape index (κ2) is 9.71. The highest BCUT2D eigenvalue weighted by atomic mass is 16.3. The van der Waals surface area contributed by atoms with Crippen molar-refractivity contribution in [2.24, 2.45) is 0 Å². The lowest BCUT2D eigenvalue weighted by Crippen LogP contribution is -2.10. The van der Waals surface area contributed by atoms with Gasteiger partial charge >= 0.3 is 0 Å². The summed E-state index contributed by atoms with van der Waals surface area (Å²) >= 11 is 0. The first kappa shape index (κ1) is 20.7. The molecule has 0 aliphatic carbocycles. The number of furan rings is 1. The predicted molar refractivity (Wildman–Crippen MR) is 184 cm³/mol. The van der Waals surface area contributed by atoms with Crippen molar-refractivity contribution < 1.29 is 11.3 Å². The Morgan fingerprint density at radius 3 is 1.77 bits per heavy atom. The molecule has 43 heavy (non-hydrogen) atoms. The molecule has 8 aromatic rings. The van der Waals surface area contributed by atoms with Crippen LogP contribution in [-0.2, 0) is 5.41 Å². The van der Waals surface area contributed by atoms with Crippen LogP contribution in [0, 0.1) is 0 Å². The van der Waals surface area contributed by atoms with Gasteiger partial charge in [-0.25, -0.2) is 0 Å². The van der Waals surface area contributed by atoms with Crippen LogP contribution in [0.2, 0.25) is 0 Å². The van der Waals surface area contributed by atoms with E-state index >= 15 is 0 Å². The van der Waals surface area contributed by atoms with Crippen molar-refractivity contribution >= 4 is 43.5 Å². The zero-order valence-corrected chi connectivity index (χ0v) is 24.3. The fourth-order valence-corrected chi connectivity index (χ4v) is 6.42. The molecule has 0 N–H and O–H groups in total. The molecule has 206 valence electrons. The Balaban J connectivity index is 1.40. The molecule has 8 rings (SSSR count). The maximum absolute atomic E-state index is 8.83. The Hall–Kier alpha value is -5.14. The lowest BCUT2D eigenvalue weighted by atomic mass is 9.85. The molecule has 0 atom stereocenters. The second-order valence-electron chi connectivity index (χ2n) is 12.2. The third-order valence-electron chi connectivity index (χ3n) is 8.51. The third-order valence-corrected chi connectivity index (χ3v) is 8.51. The highest BCUT2D eigenvalue weighted by molar-refractivity contribution is 6.22. The van der Waals surface area contributed by atoms with Crippen LogP contribution in [0.25, 0.3) is 76.9 Å². The Labute approximate surface area is 259 Å². The van der Waals surface area contributed by atoms with Crippen LogP contribution in [0.4, 0.5) is 0 Å². The summed E-state index contributed by atoms with van der Waals surface area (Å²) in [4.78, 5) is 0. The standard InChI is InChI=1S/C42H32O/c1-42(2,3)30-16-11-15-28(25-30)31-21-12-22-36-37-26-29(23-24-38(37)43-41(31)36)40-34-19-9-7-17-32(34)39(27-13-5-4-6-14-27)33-18-8-10-20-35(33)40/h4-26H,1-3H3/i4D,5D,6D,13D,14D. The van der Waals surface area contributed by atoms with Crippen LogP contribution < -0.4 is 0 Å². The largest absolute Gasteiger partial charge is 0.455 e. The molecule has 7 aromatic carbocycles. The molecule has 0 saturated carbocycles. The van der Waals surface area contributed by atoms with Gasteiger partial charge in [-0.05, 0) is 72.5 Å². The van der Waals surface area contributed by atoms with Gasteiger partial charge in [-0.2, -0.15) is 0 Å². The van der Waals surface area contributed by atoms with Crippen molar-refractivity contribution in [1.29, 1.82) is 0 Å². The smallest absolute Gasteiger partial charge is 0.143 e. The topological polar surface area (TPSA) is 13.1 Å². The average Bonchev–Trinajstić information content (AvgIpc) is 3.47. The van der Waals surface area contributed by atoms with Gasteiger partial charge in [0.25, 0.3) is 0 Å². The lowest BCUT2D eigenvalue weighted by Gasteiger charge is -2.19. The summed E-state index contributed by atoms with van der Waals surface area (Å²) in [7, 11) is 0. The van der Waals surface area contributed by atoms with E-state index in [2.05, 4.69) is 75.4 Å². The van der Waals surface area contributed by atoms with Gasteiger partial charge in [0.15, 0.2) is 0 Å². The number of hydrogen-bond donors (Lipinski definition) is 0. The normalized spacial score (nSPS) is 13.7. The fraction of sp³-hybridized carbons (Fsp3) is 0.0952. The van der Waals surface area contributed by atoms with E-state index in [1.165, 1.54) is 5.56 Å². The summed E-state index contributed by atoms with van der Waals surface area (Å²) in [5.41, 5.74) is 7.98. The molecule has 0 unspecified atom stereocenters. The molecule has 0 aliphatic heterocycles. The molecule has 0 amide bonds. The minimum atomic E-state index is -0.398. The van der Waals surface area contributed by atoms with Crippen LogP contribution in [0.1, 0.15) is 33.2 Å². The molecule has 1 heterocycles. The predicted octanol–water partition coefficient (Wildman–Crippen LogP) is 12.2. The van der Waals surface area contributed by atoms with Gasteiger partial charge in [-0.3, -0.25) is 0 Å². The molecule has 0 saturated heterocycles. The monoisotopic (exact) mass is 557 g/mol. The number of hydrogen-bond acceptors (Lipinski definition) is 1. The SMILES string of the molecule is [2H]c1c([2H])c([2H])c(-c2c3ccccc3c(-c3ccc4oc5c(-c6cccc(C(C)(C)C)c6)cccc5c4c3)c3ccccc23)c([2H])c1[2H]. The molecule has 1 heteroatoms. The molecule has 0 bridgehead atoms. The molecular formula is C42H32O. The zero-order valence-electron chi connectivity index (χ0n) is 29.3. The van der Waals surface area contributed by atoms with E-state index in [9.17, 15) is 0 Å². The molecule has 0 spiro atoms. The summed E-state index contributed by atoms with van der Waals surface area (Å²) in [5, 5.41) is 5.56. The summed E-state index contributed by atoms with van der Waals surface area (Å²) in [6.45, 7) is 6.67. The summed E-state index contributed by atoms with van der Waals surface area (Å²) in [6, 6.07) is 35.7. The highest BCUT2D eigenvalue weighted by Crippen LogP contribution is 2.45. The fourth-order valence-electron chi connectivity index (χ4n) is 6.42. The Bertz CT molecular complexity index is 2520. The summed E-state index contributed by atoms with van der Waals surface area (Å²) in [5.74, 6) is 0. The lowest BCUT2D eigenvalue weighted by molar-refractivity contribution is 0.590. The van der Waals surface area contributed by atoms with Crippen molar-refractivity contribution in [3.8, 4) is 33.4 Å². The van der Waals surface area contributed by atoms with E-state index in [1.54, 1.807) is 0 Å². The number of para-hydroxylation sites is 1. The summed E-state index contributed by atoms with van der Waals surface area (Å²) in [6.07, 6.45) is 0. The first-order chi connectivity index (χ1) is 23.0. The number of benzene rings is 7. The Kier molecular flexibility index (Phi) is 4.67. The number of rotatable bonds is 3. The van der Waals surface area contributed by atoms with E-state index in [1.807, 2.05) is 54.6 Å². The molecule has 1 aromatic heterocycles. The first-order valence-corrected chi connectivity index (χ1v) is 14.6. The minimum absolute atomic E-state index is 0.0241. The van der Waals surface area contributed by atoms with Gasteiger partial charge in [0.1, 0.15) is 11.2 Å². The molecule has 0 fully saturated rings. The van der Waals surface area contributed by atoms with E-state index in [-0.39, 0.29) is 35.1 Å². The first-order valence-electron chi connectivity index (χ1n) is 17.1. The molecule has 0 aliphatic rings. The van der Waals surface area contributed by atoms with Crippen LogP contribution in [-0.4, -0.2) is 0 Å². The van der Waals surface area contributed by atoms with Crippen molar-refractivity contribution in [2.75, 3.05) is 0 Å². The van der Waals surface area contributed by atoms with E-state index in [0.717, 1.165) is 65.7 Å². The van der Waals surface area contributed by atoms with E-state index in [0.29, 0.717) is 5.56 Å². The van der Waals surface area contributed by atoms with E-state index in [4.69, 9.17) is 11.3 Å². The Morgan fingerprint density at radius 2 is 1.12 bits per heavy atom. The van der Waals surface area contributed by atoms with Gasteiger partial charge in [0.05, 0.1) is 6.85 Å². The van der Waals surface area contributed by atoms with Crippen molar-refractivity contribution in [3.05, 3.63) is 145 Å². The van der Waals surface area contributed by atoms with Crippen LogP contribution >= 0.6 is 0 Å². The van der Waals surface area contributed by atoms with Crippen molar-refractivity contribution in [2.45, 2.75) is 26.2 Å². The van der Waals surface area contributed by atoms with Crippen LogP contribution in [0.5, 0.6) is 0 Å². The second-order valence-corrected chi connectivity index (χ2v) is 12.2. The van der Waals surface area contributed by atoms with Crippen molar-refractivity contribution in [1.82, 2.24) is 0 Å². The maximum atomic E-state index is 8.83. The third kappa shape index (κ3) is 4.15. The molecular weight excluding hydrogens is 520 g/mol. The zero-order chi connectivity index (χ0) is 33.5. The average molecular weight is 558 g/mol. The van der Waals surface area contributed by atoms with Gasteiger partial charge < -0.3 is 4.42 Å². The highest BCUT2D eigenvalue weighted by Gasteiger charge is 2.19. The molecule has 1 nitrogen and oxygen atoms in total. The van der Waals surface area contributed by atoms with Gasteiger partial charge in [0.2, 0.25) is 0 Å². The van der Waals surface area contributed by atoms with Gasteiger partial charge in [0, 0.05) is 16.3 Å². The van der Waals surface area contributed by atoms with Crippen LogP contribution in [0.15, 0.2) is 144 Å². The quantitative estimate of drug-likeness (QED) is 0.197. The summed E-state index contributed by atoms with van der Waals surface area (Å²) < 4.78 is 49.2. The van der Waals surface area contributed by atoms with Gasteiger partial charge in [-0.1, -0.05) is 148 Å². The van der Waals surface area contributed by atoms with Crippen LogP contribution in [0.3, 0.4) is 0 Å².